The predicted octanol–water partition coefficient (Wildman–Crippen LogP) is 0.985. The Hall–Kier alpha value is -1.08. The minimum absolute atomic E-state index is 0.0963. The van der Waals surface area contributed by atoms with Crippen LogP contribution in [-0.2, 0) is 4.79 Å². The van der Waals surface area contributed by atoms with Crippen LogP contribution in [0.15, 0.2) is 0 Å². The first-order chi connectivity index (χ1) is 8.16. The average molecular weight is 233 g/mol. The van der Waals surface area contributed by atoms with Crippen LogP contribution in [0, 0.1) is 16.7 Å². The molecule has 2 atom stereocenters. The van der Waals surface area contributed by atoms with Gasteiger partial charge in [0.2, 0.25) is 5.91 Å². The highest BCUT2D eigenvalue weighted by atomic mass is 16.2. The number of rotatable bonds is 1. The van der Waals surface area contributed by atoms with Crippen LogP contribution in [0.3, 0.4) is 0 Å². The molecule has 0 aromatic rings. The Morgan fingerprint density at radius 1 is 1.41 bits per heavy atom. The number of nitriles is 1. The van der Waals surface area contributed by atoms with Crippen LogP contribution in [0.25, 0.3) is 0 Å². The van der Waals surface area contributed by atoms with E-state index in [9.17, 15) is 4.79 Å². The van der Waals surface area contributed by atoms with Crippen molar-refractivity contribution in [3.8, 4) is 6.07 Å². The molecular formula is C13H19N3O. The molecule has 0 bridgehead atoms. The molecule has 0 radical (unpaired) electrons. The van der Waals surface area contributed by atoms with E-state index in [0.717, 1.165) is 25.9 Å². The summed E-state index contributed by atoms with van der Waals surface area (Å²) in [7, 11) is 0. The maximum absolute atomic E-state index is 12.4. The highest BCUT2D eigenvalue weighted by Gasteiger charge is 2.54. The van der Waals surface area contributed by atoms with Crippen molar-refractivity contribution in [2.45, 2.75) is 44.7 Å². The number of carbonyl (C=O) groups is 1. The zero-order valence-electron chi connectivity index (χ0n) is 10.4. The second-order valence-electron chi connectivity index (χ2n) is 5.79. The minimum atomic E-state index is -0.644. The van der Waals surface area contributed by atoms with Gasteiger partial charge >= 0.3 is 0 Å². The van der Waals surface area contributed by atoms with Gasteiger partial charge in [-0.3, -0.25) is 9.69 Å². The van der Waals surface area contributed by atoms with Crippen LogP contribution in [0.1, 0.15) is 32.6 Å². The molecule has 3 aliphatic rings. The van der Waals surface area contributed by atoms with Crippen molar-refractivity contribution in [3.63, 3.8) is 0 Å². The van der Waals surface area contributed by atoms with Crippen molar-refractivity contribution in [2.75, 3.05) is 19.6 Å². The molecule has 0 spiro atoms. The summed E-state index contributed by atoms with van der Waals surface area (Å²) >= 11 is 0. The first kappa shape index (κ1) is 11.0. The molecule has 92 valence electrons. The Labute approximate surface area is 102 Å². The van der Waals surface area contributed by atoms with E-state index < -0.39 is 5.41 Å². The second kappa shape index (κ2) is 3.71. The first-order valence-electron chi connectivity index (χ1n) is 6.63. The number of piperazine rings is 1. The fourth-order valence-electron chi connectivity index (χ4n) is 3.24. The van der Waals surface area contributed by atoms with Gasteiger partial charge in [0.1, 0.15) is 5.41 Å². The number of carbonyl (C=O) groups excluding carboxylic acids is 1. The van der Waals surface area contributed by atoms with Crippen molar-refractivity contribution in [1.82, 2.24) is 9.80 Å². The molecule has 1 aliphatic carbocycles. The molecule has 17 heavy (non-hydrogen) atoms. The number of hydrogen-bond acceptors (Lipinski definition) is 3. The summed E-state index contributed by atoms with van der Waals surface area (Å²) in [6.45, 7) is 5.11. The van der Waals surface area contributed by atoms with E-state index >= 15 is 0 Å². The summed E-state index contributed by atoms with van der Waals surface area (Å²) < 4.78 is 0. The summed E-state index contributed by atoms with van der Waals surface area (Å²) in [6, 6.07) is 3.04. The van der Waals surface area contributed by atoms with Crippen molar-refractivity contribution in [1.29, 1.82) is 5.26 Å². The summed E-state index contributed by atoms with van der Waals surface area (Å²) in [4.78, 5) is 16.9. The SMILES string of the molecule is CC1CN2CCCC2CN1C(=O)C1(C#N)CC1. The third-order valence-electron chi connectivity index (χ3n) is 4.57. The normalized spacial score (nSPS) is 35.2. The predicted molar refractivity (Wildman–Crippen MR) is 63.1 cm³/mol. The zero-order chi connectivity index (χ0) is 12.0. The van der Waals surface area contributed by atoms with Gasteiger partial charge in [0.15, 0.2) is 0 Å². The largest absolute Gasteiger partial charge is 0.336 e. The molecule has 2 aliphatic heterocycles. The van der Waals surface area contributed by atoms with Gasteiger partial charge in [0, 0.05) is 25.2 Å². The highest BCUT2D eigenvalue weighted by Crippen LogP contribution is 2.47. The lowest BCUT2D eigenvalue weighted by Crippen LogP contribution is -2.58. The van der Waals surface area contributed by atoms with E-state index in [1.807, 2.05) is 4.90 Å². The maximum atomic E-state index is 12.4. The quantitative estimate of drug-likeness (QED) is 0.678. The highest BCUT2D eigenvalue weighted by molar-refractivity contribution is 5.88. The van der Waals surface area contributed by atoms with Crippen molar-refractivity contribution >= 4 is 5.91 Å². The number of hydrogen-bond donors (Lipinski definition) is 0. The average Bonchev–Trinajstić information content (AvgIpc) is 3.01. The molecule has 0 aromatic heterocycles. The summed E-state index contributed by atoms with van der Waals surface area (Å²) in [5.41, 5.74) is -0.644. The lowest BCUT2D eigenvalue weighted by molar-refractivity contribution is -0.140. The fraction of sp³-hybridized carbons (Fsp3) is 0.846. The Bertz CT molecular complexity index is 383. The molecule has 2 saturated heterocycles. The van der Waals surface area contributed by atoms with Gasteiger partial charge in [0.25, 0.3) is 0 Å². The summed E-state index contributed by atoms with van der Waals surface area (Å²) in [5.74, 6) is 0.0963. The van der Waals surface area contributed by atoms with Crippen molar-refractivity contribution in [3.05, 3.63) is 0 Å². The smallest absolute Gasteiger partial charge is 0.243 e. The molecule has 2 unspecified atom stereocenters. The Kier molecular flexibility index (Phi) is 2.41. The van der Waals surface area contributed by atoms with Gasteiger partial charge in [-0.25, -0.2) is 0 Å². The Balaban J connectivity index is 1.75. The van der Waals surface area contributed by atoms with Crippen LogP contribution in [-0.4, -0.2) is 47.4 Å². The topological polar surface area (TPSA) is 47.3 Å². The van der Waals surface area contributed by atoms with Gasteiger partial charge in [-0.05, 0) is 39.2 Å². The van der Waals surface area contributed by atoms with Gasteiger partial charge in [-0.1, -0.05) is 0 Å². The molecule has 1 saturated carbocycles. The van der Waals surface area contributed by atoms with Gasteiger partial charge in [-0.2, -0.15) is 5.26 Å². The third kappa shape index (κ3) is 1.64. The monoisotopic (exact) mass is 233 g/mol. The Morgan fingerprint density at radius 2 is 2.18 bits per heavy atom. The molecule has 0 N–H and O–H groups in total. The van der Waals surface area contributed by atoms with Crippen LogP contribution in [0.5, 0.6) is 0 Å². The third-order valence-corrected chi connectivity index (χ3v) is 4.57. The van der Waals surface area contributed by atoms with Gasteiger partial charge < -0.3 is 4.90 Å². The summed E-state index contributed by atoms with van der Waals surface area (Å²) in [6.07, 6.45) is 3.98. The second-order valence-corrected chi connectivity index (χ2v) is 5.79. The first-order valence-corrected chi connectivity index (χ1v) is 6.63. The van der Waals surface area contributed by atoms with Crippen LogP contribution >= 0.6 is 0 Å². The maximum Gasteiger partial charge on any atom is 0.243 e. The van der Waals surface area contributed by atoms with Crippen LogP contribution in [0.4, 0.5) is 0 Å². The summed E-state index contributed by atoms with van der Waals surface area (Å²) in [5, 5.41) is 9.12. The molecule has 4 nitrogen and oxygen atoms in total. The molecule has 2 heterocycles. The molecule has 3 fully saturated rings. The van der Waals surface area contributed by atoms with Crippen molar-refractivity contribution in [2.24, 2.45) is 5.41 Å². The van der Waals surface area contributed by atoms with E-state index in [0.29, 0.717) is 6.04 Å². The Morgan fingerprint density at radius 3 is 2.82 bits per heavy atom. The molecular weight excluding hydrogens is 214 g/mol. The van der Waals surface area contributed by atoms with E-state index in [1.54, 1.807) is 0 Å². The number of nitrogens with zero attached hydrogens (tertiary/aromatic N) is 3. The molecule has 4 heteroatoms. The van der Waals surface area contributed by atoms with Crippen LogP contribution in [0.2, 0.25) is 0 Å². The lowest BCUT2D eigenvalue weighted by atomic mass is 10.0. The lowest BCUT2D eigenvalue weighted by Gasteiger charge is -2.43. The van der Waals surface area contributed by atoms with Gasteiger partial charge in [-0.15, -0.1) is 0 Å². The van der Waals surface area contributed by atoms with E-state index in [1.165, 1.54) is 19.4 Å². The molecule has 3 rings (SSSR count). The zero-order valence-corrected chi connectivity index (χ0v) is 10.4. The minimum Gasteiger partial charge on any atom is -0.336 e. The van der Waals surface area contributed by atoms with Crippen molar-refractivity contribution < 1.29 is 4.79 Å². The number of amides is 1. The number of fused-ring (bicyclic) bond motifs is 1. The molecule has 0 aromatic carbocycles. The van der Waals surface area contributed by atoms with Gasteiger partial charge in [0.05, 0.1) is 6.07 Å². The standard InChI is InChI=1S/C13H19N3O/c1-10-7-15-6-2-3-11(15)8-16(10)12(17)13(9-14)4-5-13/h10-11H,2-8H2,1H3. The van der Waals surface area contributed by atoms with E-state index in [-0.39, 0.29) is 11.9 Å². The molecule has 1 amide bonds. The van der Waals surface area contributed by atoms with E-state index in [2.05, 4.69) is 17.9 Å². The van der Waals surface area contributed by atoms with Crippen LogP contribution < -0.4 is 0 Å². The fourth-order valence-corrected chi connectivity index (χ4v) is 3.24. The van der Waals surface area contributed by atoms with E-state index in [4.69, 9.17) is 5.26 Å².